The Bertz CT molecular complexity index is 562. The molecule has 3 fully saturated rings. The zero-order chi connectivity index (χ0) is 17.6. The van der Waals surface area contributed by atoms with Crippen molar-refractivity contribution in [1.82, 2.24) is 10.2 Å². The van der Waals surface area contributed by atoms with Crippen LogP contribution in [0.4, 0.5) is 0 Å². The number of nitrogens with zero attached hydrogens (tertiary/aromatic N) is 1. The first kappa shape index (κ1) is 17.5. The fourth-order valence-electron chi connectivity index (χ4n) is 4.10. The lowest BCUT2D eigenvalue weighted by Gasteiger charge is -2.44. The fourth-order valence-corrected chi connectivity index (χ4v) is 5.73. The molecule has 0 aromatic rings. The number of hydrogen-bond acceptors (Lipinski definition) is 5. The predicted octanol–water partition coefficient (Wildman–Crippen LogP) is 0.526. The average molecular weight is 355 g/mol. The molecule has 2 aliphatic heterocycles. The van der Waals surface area contributed by atoms with Crippen molar-refractivity contribution in [3.8, 4) is 0 Å². The smallest absolute Gasteiger partial charge is 0.327 e. The Hall–Kier alpha value is -1.28. The van der Waals surface area contributed by atoms with Gasteiger partial charge < -0.3 is 21.1 Å². The number of β-lactam (4-membered cyclic amide) rings is 1. The lowest BCUT2D eigenvalue weighted by Crippen LogP contribution is -2.71. The van der Waals surface area contributed by atoms with E-state index in [1.54, 1.807) is 0 Å². The maximum atomic E-state index is 12.4. The Morgan fingerprint density at radius 1 is 1.33 bits per heavy atom. The second kappa shape index (κ2) is 6.22. The molecule has 0 aromatic carbocycles. The highest BCUT2D eigenvalue weighted by Crippen LogP contribution is 2.50. The molecule has 2 amide bonds. The van der Waals surface area contributed by atoms with Crippen LogP contribution in [-0.4, -0.2) is 56.0 Å². The molecule has 0 radical (unpaired) electrons. The van der Waals surface area contributed by atoms with Crippen molar-refractivity contribution in [3.63, 3.8) is 0 Å². The number of thioether (sulfide) groups is 1. The van der Waals surface area contributed by atoms with E-state index in [0.717, 1.165) is 25.7 Å². The number of aliphatic carboxylic acids is 1. The van der Waals surface area contributed by atoms with E-state index in [9.17, 15) is 19.5 Å². The third-order valence-corrected chi connectivity index (χ3v) is 7.00. The van der Waals surface area contributed by atoms with E-state index in [0.29, 0.717) is 0 Å². The highest BCUT2D eigenvalue weighted by molar-refractivity contribution is 8.01. The van der Waals surface area contributed by atoms with Crippen LogP contribution in [0.3, 0.4) is 0 Å². The molecular weight excluding hydrogens is 330 g/mol. The van der Waals surface area contributed by atoms with Crippen molar-refractivity contribution in [2.75, 3.05) is 0 Å². The number of fused-ring (bicyclic) bond motifs is 1. The maximum absolute atomic E-state index is 12.4. The Morgan fingerprint density at radius 3 is 2.54 bits per heavy atom. The van der Waals surface area contributed by atoms with Crippen LogP contribution in [-0.2, 0) is 14.4 Å². The predicted molar refractivity (Wildman–Crippen MR) is 90.2 cm³/mol. The van der Waals surface area contributed by atoms with Gasteiger partial charge in [0.05, 0.1) is 6.04 Å². The maximum Gasteiger partial charge on any atom is 0.327 e. The Morgan fingerprint density at radius 2 is 1.96 bits per heavy atom. The normalized spacial score (nSPS) is 33.5. The second-order valence-corrected chi connectivity index (χ2v) is 9.28. The molecule has 4 atom stereocenters. The van der Waals surface area contributed by atoms with Gasteiger partial charge >= 0.3 is 5.97 Å². The molecular formula is C16H25N3O4S. The molecule has 0 unspecified atom stereocenters. The topological polar surface area (TPSA) is 113 Å². The number of amides is 2. The summed E-state index contributed by atoms with van der Waals surface area (Å²) >= 11 is 1.42. The van der Waals surface area contributed by atoms with Gasteiger partial charge in [-0.3, -0.25) is 9.59 Å². The molecule has 2 heterocycles. The van der Waals surface area contributed by atoms with Crippen LogP contribution >= 0.6 is 11.8 Å². The van der Waals surface area contributed by atoms with Gasteiger partial charge in [-0.15, -0.1) is 11.8 Å². The summed E-state index contributed by atoms with van der Waals surface area (Å²) in [4.78, 5) is 37.7. The van der Waals surface area contributed by atoms with Crippen molar-refractivity contribution < 1.29 is 19.5 Å². The fraction of sp³-hybridized carbons (Fsp3) is 0.812. The monoisotopic (exact) mass is 355 g/mol. The van der Waals surface area contributed by atoms with Gasteiger partial charge in [0.25, 0.3) is 0 Å². The van der Waals surface area contributed by atoms with Crippen molar-refractivity contribution in [1.29, 1.82) is 0 Å². The third kappa shape index (κ3) is 2.79. The van der Waals surface area contributed by atoms with Crippen LogP contribution in [0.25, 0.3) is 0 Å². The minimum Gasteiger partial charge on any atom is -0.480 e. The molecule has 1 saturated carbocycles. The molecule has 1 aliphatic carbocycles. The summed E-state index contributed by atoms with van der Waals surface area (Å²) < 4.78 is -0.586. The van der Waals surface area contributed by atoms with E-state index >= 15 is 0 Å². The average Bonchev–Trinajstić information content (AvgIpc) is 2.80. The lowest BCUT2D eigenvalue weighted by molar-refractivity contribution is -0.161. The van der Waals surface area contributed by atoms with Crippen molar-refractivity contribution in [3.05, 3.63) is 0 Å². The van der Waals surface area contributed by atoms with E-state index in [4.69, 9.17) is 5.73 Å². The van der Waals surface area contributed by atoms with Crippen LogP contribution < -0.4 is 11.1 Å². The minimum absolute atomic E-state index is 0.171. The highest BCUT2D eigenvalue weighted by atomic mass is 32.2. The van der Waals surface area contributed by atoms with Crippen LogP contribution in [0.2, 0.25) is 0 Å². The largest absolute Gasteiger partial charge is 0.480 e. The minimum atomic E-state index is -1.01. The molecule has 134 valence electrons. The molecule has 0 aromatic heterocycles. The number of carbonyl (C=O) groups excluding carboxylic acids is 2. The Balaban J connectivity index is 1.64. The molecule has 3 rings (SSSR count). The van der Waals surface area contributed by atoms with E-state index in [2.05, 4.69) is 5.32 Å². The molecule has 4 N–H and O–H groups in total. The van der Waals surface area contributed by atoms with E-state index in [1.165, 1.54) is 23.1 Å². The first-order valence-electron chi connectivity index (χ1n) is 8.53. The zero-order valence-electron chi connectivity index (χ0n) is 14.0. The number of carbonyl (C=O) groups is 3. The summed E-state index contributed by atoms with van der Waals surface area (Å²) in [6.45, 7) is 3.63. The molecule has 0 spiro atoms. The first-order chi connectivity index (χ1) is 11.2. The zero-order valence-corrected chi connectivity index (χ0v) is 14.8. The van der Waals surface area contributed by atoms with Crippen LogP contribution in [0, 0.1) is 5.92 Å². The van der Waals surface area contributed by atoms with E-state index in [-0.39, 0.29) is 23.1 Å². The van der Waals surface area contributed by atoms with Crippen molar-refractivity contribution in [2.24, 2.45) is 11.7 Å². The quantitative estimate of drug-likeness (QED) is 0.634. The summed E-state index contributed by atoms with van der Waals surface area (Å²) in [7, 11) is 0. The van der Waals surface area contributed by atoms with Crippen LogP contribution in [0.1, 0.15) is 46.0 Å². The summed E-state index contributed by atoms with van der Waals surface area (Å²) in [6.07, 6.45) is 5.27. The van der Waals surface area contributed by atoms with Gasteiger partial charge in [0.2, 0.25) is 11.8 Å². The van der Waals surface area contributed by atoms with Gasteiger partial charge in [-0.2, -0.15) is 0 Å². The van der Waals surface area contributed by atoms with Crippen LogP contribution in [0.15, 0.2) is 0 Å². The summed E-state index contributed by atoms with van der Waals surface area (Å²) in [6, 6.07) is -2.12. The number of carboxylic acid groups (broad SMARTS) is 1. The lowest BCUT2D eigenvalue weighted by atomic mass is 9.84. The number of rotatable bonds is 4. The molecule has 8 heteroatoms. The third-order valence-electron chi connectivity index (χ3n) is 5.43. The van der Waals surface area contributed by atoms with Gasteiger partial charge in [-0.25, -0.2) is 4.79 Å². The number of carboxylic acids is 1. The Labute approximate surface area is 145 Å². The van der Waals surface area contributed by atoms with Gasteiger partial charge in [0.15, 0.2) is 0 Å². The SMILES string of the molecule is CC1(C)S[C@@H]2[C@H](NC(=O)[C@H](N)C3CCCCC3)C(=O)N2[C@H]1C(=O)O. The van der Waals surface area contributed by atoms with Crippen LogP contribution in [0.5, 0.6) is 0 Å². The van der Waals surface area contributed by atoms with Crippen molar-refractivity contribution >= 4 is 29.5 Å². The van der Waals surface area contributed by atoms with Gasteiger partial charge in [-0.1, -0.05) is 19.3 Å². The van der Waals surface area contributed by atoms with Gasteiger partial charge in [0, 0.05) is 4.75 Å². The van der Waals surface area contributed by atoms with Crippen molar-refractivity contribution in [2.45, 2.75) is 74.2 Å². The van der Waals surface area contributed by atoms with E-state index in [1.807, 2.05) is 13.8 Å². The molecule has 7 nitrogen and oxygen atoms in total. The molecule has 0 bridgehead atoms. The van der Waals surface area contributed by atoms with E-state index < -0.39 is 28.8 Å². The molecule has 2 saturated heterocycles. The first-order valence-corrected chi connectivity index (χ1v) is 9.41. The summed E-state index contributed by atoms with van der Waals surface area (Å²) in [5.74, 6) is -1.46. The van der Waals surface area contributed by atoms with Gasteiger partial charge in [-0.05, 0) is 32.6 Å². The standard InChI is InChI=1S/C16H25N3O4S/c1-16(2)11(15(22)23)19-13(21)10(14(19)24-16)18-12(20)9(17)8-6-4-3-5-7-8/h8-11,14H,3-7,17H2,1-2H3,(H,18,20)(H,22,23)/t9-,10-,11+,14-/m1/s1. The molecule has 24 heavy (non-hydrogen) atoms. The number of nitrogens with one attached hydrogen (secondary N) is 1. The second-order valence-electron chi connectivity index (χ2n) is 7.51. The highest BCUT2D eigenvalue weighted by Gasteiger charge is 2.64. The number of nitrogens with two attached hydrogens (primary N) is 1. The summed E-state index contributed by atoms with van der Waals surface area (Å²) in [5, 5.41) is 11.8. The Kier molecular flexibility index (Phi) is 4.55. The summed E-state index contributed by atoms with van der Waals surface area (Å²) in [5.41, 5.74) is 6.09. The number of hydrogen-bond donors (Lipinski definition) is 3. The molecule has 3 aliphatic rings. The van der Waals surface area contributed by atoms with Gasteiger partial charge in [0.1, 0.15) is 17.5 Å².